The summed E-state index contributed by atoms with van der Waals surface area (Å²) in [6.07, 6.45) is -0.740. The smallest absolute Gasteiger partial charge is 0.414 e. The van der Waals surface area contributed by atoms with Crippen LogP contribution in [0.4, 0.5) is 14.9 Å². The van der Waals surface area contributed by atoms with E-state index in [1.807, 2.05) is 0 Å². The quantitative estimate of drug-likeness (QED) is 0.375. The number of carbonyl (C=O) groups excluding carboxylic acids is 1. The average Bonchev–Trinajstić information content (AvgIpc) is 2.65. The van der Waals surface area contributed by atoms with Crippen LogP contribution in [-0.4, -0.2) is 30.0 Å². The zero-order valence-electron chi connectivity index (χ0n) is 15.9. The third-order valence-corrected chi connectivity index (χ3v) is 4.45. The number of carbonyl (C=O) groups is 1. The van der Waals surface area contributed by atoms with Gasteiger partial charge in [0.2, 0.25) is 5.82 Å². The number of amides is 1. The summed E-state index contributed by atoms with van der Waals surface area (Å²) >= 11 is 0. The molecule has 0 aliphatic heterocycles. The first-order valence-corrected chi connectivity index (χ1v) is 8.56. The minimum atomic E-state index is -0.984. The maximum absolute atomic E-state index is 14.4. The Bertz CT molecular complexity index is 1190. The molecule has 0 unspecified atom stereocenters. The fourth-order valence-electron chi connectivity index (χ4n) is 2.87. The summed E-state index contributed by atoms with van der Waals surface area (Å²) in [5.74, 6) is -0.779. The van der Waals surface area contributed by atoms with Gasteiger partial charge in [-0.3, -0.25) is 10.1 Å². The number of nitrogens with zero attached hydrogens (tertiary/aromatic N) is 2. The summed E-state index contributed by atoms with van der Waals surface area (Å²) in [4.78, 5) is 35.5. The van der Waals surface area contributed by atoms with E-state index in [-0.39, 0.29) is 28.9 Å². The fourth-order valence-corrected chi connectivity index (χ4v) is 2.87. The van der Waals surface area contributed by atoms with Crippen molar-refractivity contribution in [2.75, 3.05) is 14.1 Å². The number of rotatable bonds is 4. The Hall–Kier alpha value is -3.75. The van der Waals surface area contributed by atoms with Crippen LogP contribution in [0, 0.1) is 22.9 Å². The maximum atomic E-state index is 14.4. The number of aryl methyl sites for hydroxylation is 1. The van der Waals surface area contributed by atoms with Crippen LogP contribution in [0.5, 0.6) is 5.75 Å². The molecule has 1 heterocycles. The van der Waals surface area contributed by atoms with E-state index >= 15 is 0 Å². The highest BCUT2D eigenvalue weighted by Gasteiger charge is 2.20. The van der Waals surface area contributed by atoms with Gasteiger partial charge in [0.25, 0.3) is 0 Å². The second-order valence-electron chi connectivity index (χ2n) is 6.60. The normalized spacial score (nSPS) is 10.8. The van der Waals surface area contributed by atoms with E-state index in [1.165, 1.54) is 37.2 Å². The Kier molecular flexibility index (Phi) is 5.31. The lowest BCUT2D eigenvalue weighted by molar-refractivity contribution is -0.387. The Morgan fingerprint density at radius 3 is 2.66 bits per heavy atom. The largest absolute Gasteiger partial charge is 0.422 e. The molecule has 3 rings (SSSR count). The van der Waals surface area contributed by atoms with Gasteiger partial charge in [0.15, 0.2) is 0 Å². The van der Waals surface area contributed by atoms with Gasteiger partial charge in [-0.05, 0) is 30.2 Å². The number of nitro benzene ring substituents is 1. The summed E-state index contributed by atoms with van der Waals surface area (Å²) in [5, 5.41) is 11.5. The van der Waals surface area contributed by atoms with E-state index in [9.17, 15) is 24.1 Å². The van der Waals surface area contributed by atoms with Crippen molar-refractivity contribution < 1.29 is 23.3 Å². The molecule has 0 saturated carbocycles. The van der Waals surface area contributed by atoms with E-state index in [4.69, 9.17) is 9.15 Å². The van der Waals surface area contributed by atoms with E-state index < -0.39 is 28.1 Å². The topological polar surface area (TPSA) is 103 Å². The number of halogens is 1. The lowest BCUT2D eigenvalue weighted by Gasteiger charge is -2.12. The number of hydrogen-bond donors (Lipinski definition) is 0. The van der Waals surface area contributed by atoms with Crippen molar-refractivity contribution >= 4 is 22.7 Å². The third-order valence-electron chi connectivity index (χ3n) is 4.45. The zero-order chi connectivity index (χ0) is 21.3. The van der Waals surface area contributed by atoms with Crippen molar-refractivity contribution in [1.29, 1.82) is 0 Å². The van der Waals surface area contributed by atoms with Crippen molar-refractivity contribution in [3.05, 3.63) is 79.4 Å². The van der Waals surface area contributed by atoms with Crippen LogP contribution in [0.1, 0.15) is 16.7 Å². The summed E-state index contributed by atoms with van der Waals surface area (Å²) in [6.45, 7) is 1.68. The van der Waals surface area contributed by atoms with Gasteiger partial charge in [-0.15, -0.1) is 0 Å². The van der Waals surface area contributed by atoms with E-state index in [0.717, 1.165) is 6.07 Å². The van der Waals surface area contributed by atoms with Crippen LogP contribution in [0.2, 0.25) is 0 Å². The van der Waals surface area contributed by atoms with Crippen LogP contribution >= 0.6 is 0 Å². The molecular formula is C20H17FN2O6. The van der Waals surface area contributed by atoms with Gasteiger partial charge in [0.1, 0.15) is 11.3 Å². The molecule has 29 heavy (non-hydrogen) atoms. The molecule has 0 aliphatic carbocycles. The highest BCUT2D eigenvalue weighted by molar-refractivity contribution is 5.83. The molecule has 150 valence electrons. The van der Waals surface area contributed by atoms with Crippen LogP contribution in [0.3, 0.4) is 0 Å². The lowest BCUT2D eigenvalue weighted by Crippen LogP contribution is -2.25. The first-order chi connectivity index (χ1) is 13.7. The van der Waals surface area contributed by atoms with Crippen molar-refractivity contribution in [3.8, 4) is 5.75 Å². The Labute approximate surface area is 164 Å². The fraction of sp³-hybridized carbons (Fsp3) is 0.200. The number of fused-ring (bicyclic) bond motifs is 1. The second kappa shape index (κ2) is 7.70. The first kappa shape index (κ1) is 20.0. The Balaban J connectivity index is 2.03. The number of hydrogen-bond acceptors (Lipinski definition) is 6. The van der Waals surface area contributed by atoms with Crippen LogP contribution < -0.4 is 10.4 Å². The van der Waals surface area contributed by atoms with Gasteiger partial charge in [0.05, 0.1) is 4.92 Å². The van der Waals surface area contributed by atoms with Gasteiger partial charge in [-0.1, -0.05) is 12.1 Å². The van der Waals surface area contributed by atoms with E-state index in [2.05, 4.69) is 0 Å². The maximum Gasteiger partial charge on any atom is 0.414 e. The average molecular weight is 400 g/mol. The summed E-state index contributed by atoms with van der Waals surface area (Å²) in [7, 11) is 3.07. The molecule has 0 radical (unpaired) electrons. The van der Waals surface area contributed by atoms with Gasteiger partial charge in [-0.25, -0.2) is 9.59 Å². The standard InChI is InChI=1S/C20H17FN2O6/c1-11-14-8-7-13(28-20(25)22(2)3)10-17(14)29-19(24)15(11)9-12-5-4-6-16(18(12)21)23(26)27/h4-8,10H,9H2,1-3H3. The lowest BCUT2D eigenvalue weighted by atomic mass is 9.99. The second-order valence-corrected chi connectivity index (χ2v) is 6.60. The predicted octanol–water partition coefficient (Wildman–Crippen LogP) is 3.80. The molecule has 0 atom stereocenters. The molecule has 0 spiro atoms. The molecule has 1 aromatic heterocycles. The molecular weight excluding hydrogens is 383 g/mol. The first-order valence-electron chi connectivity index (χ1n) is 8.56. The minimum absolute atomic E-state index is 0.0190. The van der Waals surface area contributed by atoms with Crippen LogP contribution in [0.15, 0.2) is 45.6 Å². The molecule has 2 aromatic carbocycles. The van der Waals surface area contributed by atoms with Gasteiger partial charge >= 0.3 is 17.4 Å². The van der Waals surface area contributed by atoms with Crippen LogP contribution in [0.25, 0.3) is 11.0 Å². The summed E-state index contributed by atoms with van der Waals surface area (Å²) in [5.41, 5.74) is -0.387. The summed E-state index contributed by atoms with van der Waals surface area (Å²) in [6, 6.07) is 8.40. The van der Waals surface area contributed by atoms with Crippen molar-refractivity contribution in [2.24, 2.45) is 0 Å². The molecule has 0 aliphatic rings. The third kappa shape index (κ3) is 3.93. The molecule has 3 aromatic rings. The predicted molar refractivity (Wildman–Crippen MR) is 103 cm³/mol. The highest BCUT2D eigenvalue weighted by atomic mass is 19.1. The van der Waals surface area contributed by atoms with Gasteiger partial charge in [-0.2, -0.15) is 4.39 Å². The molecule has 0 saturated heterocycles. The molecule has 1 amide bonds. The van der Waals surface area contributed by atoms with E-state index in [0.29, 0.717) is 10.9 Å². The molecule has 9 heteroatoms. The zero-order valence-corrected chi connectivity index (χ0v) is 15.9. The Morgan fingerprint density at radius 1 is 1.28 bits per heavy atom. The monoisotopic (exact) mass is 400 g/mol. The molecule has 0 N–H and O–H groups in total. The molecule has 0 fully saturated rings. The minimum Gasteiger partial charge on any atom is -0.422 e. The highest BCUT2D eigenvalue weighted by Crippen LogP contribution is 2.27. The van der Waals surface area contributed by atoms with E-state index in [1.54, 1.807) is 19.1 Å². The SMILES string of the molecule is Cc1c(Cc2cccc([N+](=O)[O-])c2F)c(=O)oc2cc(OC(=O)N(C)C)ccc12. The summed E-state index contributed by atoms with van der Waals surface area (Å²) < 4.78 is 24.9. The number of benzene rings is 2. The van der Waals surface area contributed by atoms with Crippen LogP contribution in [-0.2, 0) is 6.42 Å². The molecule has 8 nitrogen and oxygen atoms in total. The van der Waals surface area contributed by atoms with Gasteiger partial charge in [0, 0.05) is 43.6 Å². The van der Waals surface area contributed by atoms with Crippen molar-refractivity contribution in [1.82, 2.24) is 4.90 Å². The molecule has 0 bridgehead atoms. The number of ether oxygens (including phenoxy) is 1. The number of nitro groups is 1. The Morgan fingerprint density at radius 2 is 2.00 bits per heavy atom. The van der Waals surface area contributed by atoms with Crippen molar-refractivity contribution in [3.63, 3.8) is 0 Å². The van der Waals surface area contributed by atoms with Gasteiger partial charge < -0.3 is 14.1 Å². The van der Waals surface area contributed by atoms with Crippen molar-refractivity contribution in [2.45, 2.75) is 13.3 Å².